The first-order valence-electron chi connectivity index (χ1n) is 6.91. The van der Waals surface area contributed by atoms with Gasteiger partial charge in [0.2, 0.25) is 0 Å². The van der Waals surface area contributed by atoms with Gasteiger partial charge in [0.15, 0.2) is 0 Å². The van der Waals surface area contributed by atoms with Crippen LogP contribution in [0.2, 0.25) is 0 Å². The maximum absolute atomic E-state index is 12.3. The van der Waals surface area contributed by atoms with Crippen LogP contribution in [0, 0.1) is 0 Å². The Kier molecular flexibility index (Phi) is 5.79. The molecule has 0 atom stereocenters. The molecule has 0 aliphatic carbocycles. The number of benzene rings is 2. The highest BCUT2D eigenvalue weighted by molar-refractivity contribution is 5.96. The van der Waals surface area contributed by atoms with Gasteiger partial charge in [-0.05, 0) is 29.8 Å². The Morgan fingerprint density at radius 2 is 1.68 bits per heavy atom. The van der Waals surface area contributed by atoms with Crippen LogP contribution >= 0.6 is 0 Å². The minimum atomic E-state index is -4.79. The van der Waals surface area contributed by atoms with Crippen molar-refractivity contribution in [2.24, 2.45) is 0 Å². The molecule has 2 aromatic carbocycles. The molecule has 0 spiro atoms. The first kappa shape index (κ1) is 18.5. The SMILES string of the molecule is O=C(NCc1ccc(OC(F)(F)F)cc1)c1ccccc1OC(F)F. The Morgan fingerprint density at radius 3 is 2.28 bits per heavy atom. The van der Waals surface area contributed by atoms with Crippen molar-refractivity contribution in [3.8, 4) is 11.5 Å². The van der Waals surface area contributed by atoms with E-state index in [4.69, 9.17) is 0 Å². The molecular formula is C16H12F5NO3. The normalized spacial score (nSPS) is 11.3. The van der Waals surface area contributed by atoms with Crippen molar-refractivity contribution in [3.63, 3.8) is 0 Å². The molecule has 134 valence electrons. The van der Waals surface area contributed by atoms with Crippen molar-refractivity contribution in [3.05, 3.63) is 59.7 Å². The van der Waals surface area contributed by atoms with Gasteiger partial charge in [-0.2, -0.15) is 8.78 Å². The fourth-order valence-electron chi connectivity index (χ4n) is 1.94. The van der Waals surface area contributed by atoms with Crippen LogP contribution in [0.5, 0.6) is 11.5 Å². The summed E-state index contributed by atoms with van der Waals surface area (Å²) in [5, 5.41) is 2.47. The Morgan fingerprint density at radius 1 is 1.04 bits per heavy atom. The van der Waals surface area contributed by atoms with Crippen molar-refractivity contribution in [1.82, 2.24) is 5.32 Å². The smallest absolute Gasteiger partial charge is 0.434 e. The second-order valence-corrected chi connectivity index (χ2v) is 4.75. The maximum Gasteiger partial charge on any atom is 0.573 e. The molecule has 2 rings (SSSR count). The summed E-state index contributed by atoms with van der Waals surface area (Å²) >= 11 is 0. The lowest BCUT2D eigenvalue weighted by Crippen LogP contribution is -2.24. The van der Waals surface area contributed by atoms with E-state index in [1.54, 1.807) is 0 Å². The Hall–Kier alpha value is -2.84. The number of carbonyl (C=O) groups excluding carboxylic acids is 1. The zero-order valence-corrected chi connectivity index (χ0v) is 12.5. The summed E-state index contributed by atoms with van der Waals surface area (Å²) in [6.07, 6.45) is -4.79. The van der Waals surface area contributed by atoms with Crippen molar-refractivity contribution >= 4 is 5.91 Å². The molecule has 0 aromatic heterocycles. The number of nitrogens with one attached hydrogen (secondary N) is 1. The van der Waals surface area contributed by atoms with Crippen LogP contribution < -0.4 is 14.8 Å². The zero-order chi connectivity index (χ0) is 18.4. The van der Waals surface area contributed by atoms with Crippen LogP contribution in [-0.2, 0) is 6.54 Å². The Bertz CT molecular complexity index is 716. The van der Waals surface area contributed by atoms with Crippen molar-refractivity contribution in [1.29, 1.82) is 0 Å². The van der Waals surface area contributed by atoms with Gasteiger partial charge < -0.3 is 14.8 Å². The fraction of sp³-hybridized carbons (Fsp3) is 0.188. The zero-order valence-electron chi connectivity index (χ0n) is 12.5. The molecule has 0 saturated heterocycles. The second-order valence-electron chi connectivity index (χ2n) is 4.75. The van der Waals surface area contributed by atoms with E-state index in [9.17, 15) is 26.7 Å². The van der Waals surface area contributed by atoms with Crippen LogP contribution in [0.15, 0.2) is 48.5 Å². The van der Waals surface area contributed by atoms with E-state index in [0.717, 1.165) is 12.1 Å². The minimum Gasteiger partial charge on any atom is -0.434 e. The number of ether oxygens (including phenoxy) is 2. The number of para-hydroxylation sites is 1. The van der Waals surface area contributed by atoms with E-state index < -0.39 is 24.6 Å². The number of carbonyl (C=O) groups is 1. The number of hydrogen-bond acceptors (Lipinski definition) is 3. The molecule has 0 radical (unpaired) electrons. The molecule has 0 aliphatic heterocycles. The van der Waals surface area contributed by atoms with Gasteiger partial charge in [0, 0.05) is 6.54 Å². The molecule has 0 aliphatic rings. The summed E-state index contributed by atoms with van der Waals surface area (Å²) in [6, 6.07) is 10.3. The van der Waals surface area contributed by atoms with Crippen molar-refractivity contribution < 1.29 is 36.2 Å². The molecule has 0 fully saturated rings. The molecule has 25 heavy (non-hydrogen) atoms. The standard InChI is InChI=1S/C16H12F5NO3/c17-15(18)24-13-4-2-1-3-12(13)14(23)22-9-10-5-7-11(8-6-10)25-16(19,20)21/h1-8,15H,9H2,(H,22,23). The molecule has 0 bridgehead atoms. The maximum atomic E-state index is 12.3. The van der Waals surface area contributed by atoms with Gasteiger partial charge in [-0.3, -0.25) is 4.79 Å². The number of alkyl halides is 5. The van der Waals surface area contributed by atoms with E-state index in [1.807, 2.05) is 0 Å². The molecule has 1 amide bonds. The van der Waals surface area contributed by atoms with Crippen molar-refractivity contribution in [2.75, 3.05) is 0 Å². The third-order valence-corrected chi connectivity index (χ3v) is 2.96. The summed E-state index contributed by atoms with van der Waals surface area (Å²) in [4.78, 5) is 12.1. The Labute approximate surface area is 139 Å². The highest BCUT2D eigenvalue weighted by atomic mass is 19.4. The van der Waals surface area contributed by atoms with E-state index in [-0.39, 0.29) is 17.9 Å². The lowest BCUT2D eigenvalue weighted by molar-refractivity contribution is -0.274. The molecule has 0 unspecified atom stereocenters. The van der Waals surface area contributed by atoms with Crippen LogP contribution in [0.25, 0.3) is 0 Å². The third kappa shape index (κ3) is 5.94. The van der Waals surface area contributed by atoms with Crippen LogP contribution in [0.1, 0.15) is 15.9 Å². The first-order chi connectivity index (χ1) is 11.7. The van der Waals surface area contributed by atoms with E-state index >= 15 is 0 Å². The van der Waals surface area contributed by atoms with Gasteiger partial charge >= 0.3 is 13.0 Å². The number of hydrogen-bond donors (Lipinski definition) is 1. The number of rotatable bonds is 6. The van der Waals surface area contributed by atoms with E-state index in [1.165, 1.54) is 36.4 Å². The number of halogens is 5. The van der Waals surface area contributed by atoms with E-state index in [0.29, 0.717) is 5.56 Å². The minimum absolute atomic E-state index is 0.0197. The highest BCUT2D eigenvalue weighted by Gasteiger charge is 2.30. The highest BCUT2D eigenvalue weighted by Crippen LogP contribution is 2.23. The summed E-state index contributed by atoms with van der Waals surface area (Å²) in [5.74, 6) is -1.32. The summed E-state index contributed by atoms with van der Waals surface area (Å²) in [5.41, 5.74) is 0.412. The van der Waals surface area contributed by atoms with Crippen LogP contribution in [0.3, 0.4) is 0 Å². The summed E-state index contributed by atoms with van der Waals surface area (Å²) < 4.78 is 68.8. The quantitative estimate of drug-likeness (QED) is 0.788. The first-order valence-corrected chi connectivity index (χ1v) is 6.91. The Balaban J connectivity index is 1.98. The van der Waals surface area contributed by atoms with Crippen LogP contribution in [0.4, 0.5) is 22.0 Å². The summed E-state index contributed by atoms with van der Waals surface area (Å²) in [6.45, 7) is -3.09. The van der Waals surface area contributed by atoms with Crippen LogP contribution in [-0.4, -0.2) is 18.9 Å². The second kappa shape index (κ2) is 7.82. The monoisotopic (exact) mass is 361 g/mol. The molecule has 2 aromatic rings. The molecule has 9 heteroatoms. The van der Waals surface area contributed by atoms with Gasteiger partial charge in [-0.25, -0.2) is 0 Å². The molecule has 4 nitrogen and oxygen atoms in total. The predicted molar refractivity (Wildman–Crippen MR) is 77.4 cm³/mol. The molecule has 0 saturated carbocycles. The van der Waals surface area contributed by atoms with Gasteiger partial charge in [0.1, 0.15) is 11.5 Å². The lowest BCUT2D eigenvalue weighted by Gasteiger charge is -2.11. The van der Waals surface area contributed by atoms with Gasteiger partial charge in [0.25, 0.3) is 5.91 Å². The topological polar surface area (TPSA) is 47.6 Å². The molecular weight excluding hydrogens is 349 g/mol. The molecule has 1 N–H and O–H groups in total. The fourth-order valence-corrected chi connectivity index (χ4v) is 1.94. The predicted octanol–water partition coefficient (Wildman–Crippen LogP) is 4.12. The van der Waals surface area contributed by atoms with E-state index in [2.05, 4.69) is 14.8 Å². The largest absolute Gasteiger partial charge is 0.573 e. The number of amides is 1. The average molecular weight is 361 g/mol. The lowest BCUT2D eigenvalue weighted by atomic mass is 10.1. The van der Waals surface area contributed by atoms with Gasteiger partial charge in [-0.1, -0.05) is 24.3 Å². The van der Waals surface area contributed by atoms with Gasteiger partial charge in [-0.15, -0.1) is 13.2 Å². The summed E-state index contributed by atoms with van der Waals surface area (Å²) in [7, 11) is 0. The molecule has 0 heterocycles. The average Bonchev–Trinajstić information content (AvgIpc) is 2.52. The third-order valence-electron chi connectivity index (χ3n) is 2.96. The van der Waals surface area contributed by atoms with Gasteiger partial charge in [0.05, 0.1) is 5.56 Å². The van der Waals surface area contributed by atoms with Crippen molar-refractivity contribution in [2.45, 2.75) is 19.5 Å².